The van der Waals surface area contributed by atoms with Crippen molar-refractivity contribution < 1.29 is 17.9 Å². The number of para-hydroxylation sites is 1. The van der Waals surface area contributed by atoms with Gasteiger partial charge in [-0.2, -0.15) is 9.90 Å². The van der Waals surface area contributed by atoms with E-state index in [1.54, 1.807) is 4.90 Å². The second kappa shape index (κ2) is 7.40. The fraction of sp³-hybridized carbons (Fsp3) is 0.500. The Hall–Kier alpha value is -2.26. The number of hydrogen-bond donors (Lipinski definition) is 0. The lowest BCUT2D eigenvalue weighted by Crippen LogP contribution is -2.45. The average molecular weight is 390 g/mol. The molecule has 0 bridgehead atoms. The number of sulfone groups is 1. The van der Waals surface area contributed by atoms with Gasteiger partial charge in [0, 0.05) is 19.2 Å². The number of rotatable bonds is 5. The van der Waals surface area contributed by atoms with Crippen LogP contribution in [0.15, 0.2) is 36.5 Å². The molecule has 2 fully saturated rings. The summed E-state index contributed by atoms with van der Waals surface area (Å²) in [5.74, 6) is -0.183. The summed E-state index contributed by atoms with van der Waals surface area (Å²) in [6.07, 6.45) is 3.66. The predicted octanol–water partition coefficient (Wildman–Crippen LogP) is 1.08. The van der Waals surface area contributed by atoms with E-state index in [9.17, 15) is 13.2 Å². The lowest BCUT2D eigenvalue weighted by Gasteiger charge is -2.29. The van der Waals surface area contributed by atoms with Crippen molar-refractivity contribution in [3.63, 3.8) is 0 Å². The number of hydrogen-bond acceptors (Lipinski definition) is 6. The average Bonchev–Trinajstić information content (AvgIpc) is 3.41. The van der Waals surface area contributed by atoms with E-state index < -0.39 is 9.84 Å². The predicted molar refractivity (Wildman–Crippen MR) is 98.4 cm³/mol. The molecule has 4 rings (SSSR count). The third-order valence-corrected chi connectivity index (χ3v) is 6.78. The van der Waals surface area contributed by atoms with Gasteiger partial charge < -0.3 is 9.64 Å². The molecule has 1 aromatic heterocycles. The van der Waals surface area contributed by atoms with Crippen molar-refractivity contribution >= 4 is 15.7 Å². The molecule has 2 atom stereocenters. The molecule has 1 aromatic carbocycles. The zero-order valence-electron chi connectivity index (χ0n) is 14.9. The topological polar surface area (TPSA) is 94.4 Å². The summed E-state index contributed by atoms with van der Waals surface area (Å²) in [5.41, 5.74) is 0.965. The monoisotopic (exact) mass is 390 g/mol. The van der Waals surface area contributed by atoms with Gasteiger partial charge in [0.25, 0.3) is 5.91 Å². The summed E-state index contributed by atoms with van der Waals surface area (Å²) < 4.78 is 29.5. The second-order valence-corrected chi connectivity index (χ2v) is 9.23. The van der Waals surface area contributed by atoms with Gasteiger partial charge in [0.1, 0.15) is 0 Å². The molecule has 0 unspecified atom stereocenters. The van der Waals surface area contributed by atoms with Gasteiger partial charge in [-0.1, -0.05) is 18.2 Å². The Morgan fingerprint density at radius 2 is 2.07 bits per heavy atom. The van der Waals surface area contributed by atoms with Gasteiger partial charge in [-0.05, 0) is 31.4 Å². The molecule has 0 radical (unpaired) electrons. The Morgan fingerprint density at radius 3 is 2.74 bits per heavy atom. The molecule has 27 heavy (non-hydrogen) atoms. The van der Waals surface area contributed by atoms with Gasteiger partial charge in [0.05, 0.1) is 29.5 Å². The number of amides is 1. The van der Waals surface area contributed by atoms with Crippen LogP contribution in [0, 0.1) is 0 Å². The first-order valence-electron chi connectivity index (χ1n) is 9.12. The number of aromatic nitrogens is 3. The molecule has 144 valence electrons. The molecule has 2 aliphatic heterocycles. The number of benzene rings is 1. The van der Waals surface area contributed by atoms with Crippen molar-refractivity contribution in [2.45, 2.75) is 31.4 Å². The maximum absolute atomic E-state index is 13.1. The third kappa shape index (κ3) is 4.03. The number of nitrogens with zero attached hydrogens (tertiary/aromatic N) is 4. The van der Waals surface area contributed by atoms with E-state index >= 15 is 0 Å². The summed E-state index contributed by atoms with van der Waals surface area (Å²) in [7, 11) is -3.10. The standard InChI is InChI=1S/C18H22N4O4S/c23-18(17-11-19-22(20-17)14-5-2-1-3-6-14)21(12-16-7-4-9-26-16)15-8-10-27(24,25)13-15/h1-3,5-6,11,15-16H,4,7-10,12-13H2/t15-,16+/m1/s1. The van der Waals surface area contributed by atoms with E-state index in [0.29, 0.717) is 19.6 Å². The molecule has 1 amide bonds. The first-order valence-corrected chi connectivity index (χ1v) is 10.9. The van der Waals surface area contributed by atoms with E-state index in [4.69, 9.17) is 4.74 Å². The third-order valence-electron chi connectivity index (χ3n) is 5.03. The molecule has 0 spiro atoms. The Kier molecular flexibility index (Phi) is 4.96. The molecular weight excluding hydrogens is 368 g/mol. The van der Waals surface area contributed by atoms with Gasteiger partial charge in [0.15, 0.2) is 15.5 Å². The van der Waals surface area contributed by atoms with Crippen LogP contribution in [0.25, 0.3) is 5.69 Å². The molecule has 0 N–H and O–H groups in total. The zero-order valence-corrected chi connectivity index (χ0v) is 15.7. The van der Waals surface area contributed by atoms with Crippen molar-refractivity contribution in [2.75, 3.05) is 24.7 Å². The van der Waals surface area contributed by atoms with E-state index in [0.717, 1.165) is 18.5 Å². The number of carbonyl (C=O) groups excluding carboxylic acids is 1. The van der Waals surface area contributed by atoms with Crippen LogP contribution in [0.4, 0.5) is 0 Å². The van der Waals surface area contributed by atoms with Gasteiger partial charge in [0.2, 0.25) is 0 Å². The molecular formula is C18H22N4O4S. The van der Waals surface area contributed by atoms with Crippen LogP contribution >= 0.6 is 0 Å². The Balaban J connectivity index is 1.57. The molecule has 9 heteroatoms. The molecule has 8 nitrogen and oxygen atoms in total. The normalized spacial score (nSPS) is 24.1. The molecule has 0 saturated carbocycles. The Morgan fingerprint density at radius 1 is 1.26 bits per heavy atom. The van der Waals surface area contributed by atoms with Crippen LogP contribution in [-0.4, -0.2) is 71.0 Å². The maximum Gasteiger partial charge on any atom is 0.276 e. The van der Waals surface area contributed by atoms with Crippen molar-refractivity contribution in [2.24, 2.45) is 0 Å². The second-order valence-electron chi connectivity index (χ2n) is 7.00. The van der Waals surface area contributed by atoms with Gasteiger partial charge in [-0.15, -0.1) is 5.10 Å². The van der Waals surface area contributed by atoms with Crippen LogP contribution in [0.3, 0.4) is 0 Å². The first kappa shape index (κ1) is 18.1. The van der Waals surface area contributed by atoms with Crippen LogP contribution in [0.1, 0.15) is 29.8 Å². The Labute approximate surface area is 158 Å². The van der Waals surface area contributed by atoms with Crippen LogP contribution < -0.4 is 0 Å². The van der Waals surface area contributed by atoms with Crippen molar-refractivity contribution in [1.29, 1.82) is 0 Å². The van der Waals surface area contributed by atoms with Crippen LogP contribution in [0.5, 0.6) is 0 Å². The van der Waals surface area contributed by atoms with Crippen molar-refractivity contribution in [1.82, 2.24) is 19.9 Å². The highest BCUT2D eigenvalue weighted by Gasteiger charge is 2.37. The lowest BCUT2D eigenvalue weighted by molar-refractivity contribution is 0.0436. The lowest BCUT2D eigenvalue weighted by atomic mass is 10.1. The highest BCUT2D eigenvalue weighted by atomic mass is 32.2. The minimum Gasteiger partial charge on any atom is -0.376 e. The van der Waals surface area contributed by atoms with E-state index in [-0.39, 0.29) is 35.3 Å². The minimum atomic E-state index is -3.10. The minimum absolute atomic E-state index is 0.00170. The summed E-state index contributed by atoms with van der Waals surface area (Å²) in [4.78, 5) is 16.2. The Bertz CT molecular complexity index is 906. The van der Waals surface area contributed by atoms with Crippen LogP contribution in [0.2, 0.25) is 0 Å². The molecule has 2 aromatic rings. The van der Waals surface area contributed by atoms with Crippen LogP contribution in [-0.2, 0) is 14.6 Å². The van der Waals surface area contributed by atoms with Crippen molar-refractivity contribution in [3.05, 3.63) is 42.2 Å². The molecule has 2 saturated heterocycles. The highest BCUT2D eigenvalue weighted by Crippen LogP contribution is 2.23. The largest absolute Gasteiger partial charge is 0.376 e. The summed E-state index contributed by atoms with van der Waals surface area (Å²) in [6, 6.07) is 8.99. The molecule has 2 aliphatic rings. The highest BCUT2D eigenvalue weighted by molar-refractivity contribution is 7.91. The van der Waals surface area contributed by atoms with Crippen molar-refractivity contribution in [3.8, 4) is 5.69 Å². The number of ether oxygens (including phenoxy) is 1. The summed E-state index contributed by atoms with van der Waals surface area (Å²) in [6.45, 7) is 1.07. The fourth-order valence-electron chi connectivity index (χ4n) is 3.62. The zero-order chi connectivity index (χ0) is 18.9. The smallest absolute Gasteiger partial charge is 0.276 e. The fourth-order valence-corrected chi connectivity index (χ4v) is 5.35. The van der Waals surface area contributed by atoms with Gasteiger partial charge >= 0.3 is 0 Å². The molecule has 3 heterocycles. The van der Waals surface area contributed by atoms with E-state index in [1.165, 1.54) is 11.0 Å². The van der Waals surface area contributed by atoms with E-state index in [2.05, 4.69) is 10.2 Å². The van der Waals surface area contributed by atoms with Gasteiger partial charge in [-0.3, -0.25) is 4.79 Å². The maximum atomic E-state index is 13.1. The summed E-state index contributed by atoms with van der Waals surface area (Å²) in [5, 5.41) is 8.49. The molecule has 0 aliphatic carbocycles. The van der Waals surface area contributed by atoms with Gasteiger partial charge in [-0.25, -0.2) is 8.42 Å². The quantitative estimate of drug-likeness (QED) is 0.758. The number of carbonyl (C=O) groups is 1. The summed E-state index contributed by atoms with van der Waals surface area (Å²) >= 11 is 0. The first-order chi connectivity index (χ1) is 13.0. The SMILES string of the molecule is O=C(c1cnn(-c2ccccc2)n1)N(C[C@@H]1CCCO1)[C@@H]1CCS(=O)(=O)C1. The van der Waals surface area contributed by atoms with E-state index in [1.807, 2.05) is 30.3 Å².